The van der Waals surface area contributed by atoms with Crippen LogP contribution >= 0.6 is 11.8 Å². The predicted octanol–water partition coefficient (Wildman–Crippen LogP) is 2.56. The van der Waals surface area contributed by atoms with Gasteiger partial charge in [-0.1, -0.05) is 30.0 Å². The van der Waals surface area contributed by atoms with Gasteiger partial charge in [0.1, 0.15) is 6.33 Å². The topological polar surface area (TPSA) is 69.6 Å². The molecule has 0 unspecified atom stereocenters. The van der Waals surface area contributed by atoms with Crippen LogP contribution in [0.5, 0.6) is 0 Å². The van der Waals surface area contributed by atoms with Gasteiger partial charge in [0.05, 0.1) is 11.4 Å². The molecule has 3 aromatic rings. The first-order valence-corrected chi connectivity index (χ1v) is 7.10. The lowest BCUT2D eigenvalue weighted by molar-refractivity contribution is 0.485. The van der Waals surface area contributed by atoms with E-state index in [2.05, 4.69) is 33.4 Å². The summed E-state index contributed by atoms with van der Waals surface area (Å²) in [6, 6.07) is 8.11. The zero-order chi connectivity index (χ0) is 13.9. The third-order valence-electron chi connectivity index (χ3n) is 2.78. The number of hydrogen-bond donors (Lipinski definition) is 0. The Morgan fingerprint density at radius 2 is 2.00 bits per heavy atom. The van der Waals surface area contributed by atoms with E-state index in [0.29, 0.717) is 17.5 Å². The van der Waals surface area contributed by atoms with Gasteiger partial charge in [-0.2, -0.15) is 0 Å². The normalized spacial score (nSPS) is 10.9. The molecule has 7 heteroatoms. The maximum atomic E-state index is 5.35. The van der Waals surface area contributed by atoms with E-state index in [0.717, 1.165) is 10.8 Å². The maximum Gasteiger partial charge on any atom is 0.226 e. The van der Waals surface area contributed by atoms with Crippen LogP contribution in [-0.2, 0) is 5.75 Å². The van der Waals surface area contributed by atoms with E-state index >= 15 is 0 Å². The number of para-hydroxylation sites is 1. The molecule has 0 aliphatic carbocycles. The van der Waals surface area contributed by atoms with Gasteiger partial charge in [0.2, 0.25) is 11.8 Å². The Labute approximate surface area is 120 Å². The summed E-state index contributed by atoms with van der Waals surface area (Å²) in [6.07, 6.45) is 1.71. The van der Waals surface area contributed by atoms with E-state index < -0.39 is 0 Å². The highest BCUT2D eigenvalue weighted by molar-refractivity contribution is 7.98. The molecule has 0 atom stereocenters. The lowest BCUT2D eigenvalue weighted by atomic mass is 10.2. The average Bonchev–Trinajstić information content (AvgIpc) is 3.06. The largest absolute Gasteiger partial charge is 0.425 e. The van der Waals surface area contributed by atoms with Crippen molar-refractivity contribution in [2.75, 3.05) is 0 Å². The summed E-state index contributed by atoms with van der Waals surface area (Å²) in [5.41, 5.74) is 2.24. The molecule has 0 aliphatic heterocycles. The lowest BCUT2D eigenvalue weighted by Gasteiger charge is -2.08. The first-order valence-electron chi connectivity index (χ1n) is 6.12. The van der Waals surface area contributed by atoms with E-state index in [1.54, 1.807) is 13.3 Å². The van der Waals surface area contributed by atoms with E-state index in [4.69, 9.17) is 4.42 Å². The van der Waals surface area contributed by atoms with Crippen LogP contribution in [0.1, 0.15) is 17.3 Å². The molecule has 0 spiro atoms. The molecule has 20 heavy (non-hydrogen) atoms. The van der Waals surface area contributed by atoms with Gasteiger partial charge in [0.25, 0.3) is 0 Å². The molecule has 0 radical (unpaired) electrons. The molecule has 2 heterocycles. The number of benzene rings is 1. The second kappa shape index (κ2) is 5.46. The number of hydrogen-bond acceptors (Lipinski definition) is 6. The van der Waals surface area contributed by atoms with Crippen LogP contribution in [0, 0.1) is 13.8 Å². The van der Waals surface area contributed by atoms with Crippen LogP contribution in [0.25, 0.3) is 5.69 Å². The van der Waals surface area contributed by atoms with Crippen molar-refractivity contribution in [2.24, 2.45) is 0 Å². The number of rotatable bonds is 4. The highest BCUT2D eigenvalue weighted by atomic mass is 32.2. The van der Waals surface area contributed by atoms with E-state index in [9.17, 15) is 0 Å². The molecule has 3 rings (SSSR count). The summed E-state index contributed by atoms with van der Waals surface area (Å²) in [5.74, 6) is 1.73. The average molecular weight is 287 g/mol. The SMILES string of the molecule is Cc1nnc(CSc2nncn2-c2ccccc2C)o1. The molecule has 0 amide bonds. The first kappa shape index (κ1) is 12.9. The van der Waals surface area contributed by atoms with Crippen molar-refractivity contribution in [3.63, 3.8) is 0 Å². The summed E-state index contributed by atoms with van der Waals surface area (Å²) in [6.45, 7) is 3.84. The van der Waals surface area contributed by atoms with Crippen LogP contribution in [0.4, 0.5) is 0 Å². The fourth-order valence-electron chi connectivity index (χ4n) is 1.84. The van der Waals surface area contributed by atoms with Crippen molar-refractivity contribution in [3.05, 3.63) is 47.9 Å². The summed E-state index contributed by atoms with van der Waals surface area (Å²) >= 11 is 1.52. The highest BCUT2D eigenvalue weighted by Crippen LogP contribution is 2.24. The lowest BCUT2D eigenvalue weighted by Crippen LogP contribution is -1.97. The molecule has 0 saturated carbocycles. The Kier molecular flexibility index (Phi) is 3.51. The Balaban J connectivity index is 1.82. The summed E-state index contributed by atoms with van der Waals surface area (Å²) in [7, 11) is 0. The minimum absolute atomic E-state index is 0.570. The number of nitrogens with zero attached hydrogens (tertiary/aromatic N) is 5. The molecule has 0 aliphatic rings. The number of aryl methyl sites for hydroxylation is 2. The van der Waals surface area contributed by atoms with Crippen molar-refractivity contribution < 1.29 is 4.42 Å². The summed E-state index contributed by atoms with van der Waals surface area (Å²) < 4.78 is 7.31. The summed E-state index contributed by atoms with van der Waals surface area (Å²) in [5, 5.41) is 16.7. The molecule has 0 fully saturated rings. The molecule has 6 nitrogen and oxygen atoms in total. The zero-order valence-corrected chi connectivity index (χ0v) is 12.0. The van der Waals surface area contributed by atoms with Crippen LogP contribution in [0.3, 0.4) is 0 Å². The Hall–Kier alpha value is -2.15. The monoisotopic (exact) mass is 287 g/mol. The van der Waals surface area contributed by atoms with Gasteiger partial charge >= 0.3 is 0 Å². The van der Waals surface area contributed by atoms with Crippen LogP contribution in [0.2, 0.25) is 0 Å². The second-order valence-electron chi connectivity index (χ2n) is 4.27. The molecule has 0 saturated heterocycles. The van der Waals surface area contributed by atoms with Crippen molar-refractivity contribution >= 4 is 11.8 Å². The fourth-order valence-corrected chi connectivity index (χ4v) is 2.60. The zero-order valence-electron chi connectivity index (χ0n) is 11.1. The minimum atomic E-state index is 0.570. The van der Waals surface area contributed by atoms with Gasteiger partial charge in [-0.05, 0) is 18.6 Å². The van der Waals surface area contributed by atoms with Crippen LogP contribution in [0.15, 0.2) is 40.2 Å². The smallest absolute Gasteiger partial charge is 0.226 e. The third-order valence-corrected chi connectivity index (χ3v) is 3.71. The third kappa shape index (κ3) is 2.57. The van der Waals surface area contributed by atoms with Gasteiger partial charge in [-0.15, -0.1) is 20.4 Å². The summed E-state index contributed by atoms with van der Waals surface area (Å²) in [4.78, 5) is 0. The van der Waals surface area contributed by atoms with Crippen molar-refractivity contribution in [2.45, 2.75) is 24.8 Å². The van der Waals surface area contributed by atoms with Gasteiger partial charge in [0, 0.05) is 6.92 Å². The van der Waals surface area contributed by atoms with Crippen molar-refractivity contribution in [3.8, 4) is 5.69 Å². The molecule has 1 aromatic carbocycles. The van der Waals surface area contributed by atoms with Crippen molar-refractivity contribution in [1.29, 1.82) is 0 Å². The minimum Gasteiger partial charge on any atom is -0.425 e. The number of aromatic nitrogens is 5. The molecule has 102 valence electrons. The molecular weight excluding hydrogens is 274 g/mol. The van der Waals surface area contributed by atoms with Gasteiger partial charge in [-0.25, -0.2) is 0 Å². The molecular formula is C13H13N5OS. The second-order valence-corrected chi connectivity index (χ2v) is 5.22. The quantitative estimate of drug-likeness (QED) is 0.687. The Morgan fingerprint density at radius 1 is 1.15 bits per heavy atom. The standard InChI is InChI=1S/C13H13N5OS/c1-9-5-3-4-6-11(9)18-8-14-17-13(18)20-7-12-16-15-10(2)19-12/h3-6,8H,7H2,1-2H3. The molecule has 0 N–H and O–H groups in total. The van der Waals surface area contributed by atoms with Gasteiger partial charge in [-0.3, -0.25) is 4.57 Å². The van der Waals surface area contributed by atoms with E-state index in [1.165, 1.54) is 17.3 Å². The van der Waals surface area contributed by atoms with Crippen molar-refractivity contribution in [1.82, 2.24) is 25.0 Å². The van der Waals surface area contributed by atoms with Crippen LogP contribution in [-0.4, -0.2) is 25.0 Å². The van der Waals surface area contributed by atoms with Gasteiger partial charge < -0.3 is 4.42 Å². The predicted molar refractivity (Wildman–Crippen MR) is 74.7 cm³/mol. The Bertz CT molecular complexity index is 721. The highest BCUT2D eigenvalue weighted by Gasteiger charge is 2.11. The van der Waals surface area contributed by atoms with E-state index in [1.807, 2.05) is 22.8 Å². The fraction of sp³-hybridized carbons (Fsp3) is 0.231. The Morgan fingerprint density at radius 3 is 2.75 bits per heavy atom. The van der Waals surface area contributed by atoms with E-state index in [-0.39, 0.29) is 0 Å². The molecule has 0 bridgehead atoms. The van der Waals surface area contributed by atoms with Gasteiger partial charge in [0.15, 0.2) is 5.16 Å². The molecule has 2 aromatic heterocycles. The maximum absolute atomic E-state index is 5.35. The first-order chi connectivity index (χ1) is 9.74. The number of thioether (sulfide) groups is 1. The van der Waals surface area contributed by atoms with Crippen LogP contribution < -0.4 is 0 Å².